The summed E-state index contributed by atoms with van der Waals surface area (Å²) in [5.74, 6) is -0.499. The summed E-state index contributed by atoms with van der Waals surface area (Å²) in [4.78, 5) is 23.9. The zero-order chi connectivity index (χ0) is 21.2. The van der Waals surface area contributed by atoms with Crippen molar-refractivity contribution < 1.29 is 32.4 Å². The molecule has 0 radical (unpaired) electrons. The second-order valence-corrected chi connectivity index (χ2v) is 6.37. The summed E-state index contributed by atoms with van der Waals surface area (Å²) in [7, 11) is 1.53. The number of benzene rings is 2. The number of carbonyl (C=O) groups is 1. The maximum atomic E-state index is 13.2. The first-order chi connectivity index (χ1) is 13.7. The third-order valence-corrected chi connectivity index (χ3v) is 4.54. The minimum Gasteiger partial charge on any atom is -0.497 e. The van der Waals surface area contributed by atoms with Crippen molar-refractivity contribution in [2.75, 3.05) is 25.2 Å². The largest absolute Gasteiger partial charge is 0.497 e. The van der Waals surface area contributed by atoms with Crippen molar-refractivity contribution >= 4 is 17.3 Å². The Kier molecular flexibility index (Phi) is 5.62. The Bertz CT molecular complexity index is 946. The van der Waals surface area contributed by atoms with Crippen LogP contribution in [0.1, 0.15) is 17.5 Å². The average molecular weight is 410 g/mol. The second-order valence-electron chi connectivity index (χ2n) is 6.37. The van der Waals surface area contributed by atoms with Gasteiger partial charge in [-0.05, 0) is 42.7 Å². The van der Waals surface area contributed by atoms with E-state index in [1.54, 1.807) is 12.1 Å². The molecule has 154 valence electrons. The summed E-state index contributed by atoms with van der Waals surface area (Å²) >= 11 is 0. The first-order valence-electron chi connectivity index (χ1n) is 8.66. The van der Waals surface area contributed by atoms with Crippen LogP contribution in [0.2, 0.25) is 0 Å². The van der Waals surface area contributed by atoms with Gasteiger partial charge in [-0.15, -0.1) is 0 Å². The van der Waals surface area contributed by atoms with Gasteiger partial charge in [-0.25, -0.2) is 0 Å². The standard InChI is InChI=1S/C19H17F3N2O5/c1-28-14-5-6-16-12(9-14)3-2-8-23(16)18(25)11-29-17-7-4-13(24(26)27)10-15(17)19(20,21)22/h4-7,9-10H,2-3,8,11H2,1H3. The fraction of sp³-hybridized carbons (Fsp3) is 0.316. The van der Waals surface area contributed by atoms with Crippen LogP contribution in [-0.4, -0.2) is 31.1 Å². The molecule has 2 aromatic carbocycles. The minimum atomic E-state index is -4.86. The molecule has 0 atom stereocenters. The highest BCUT2D eigenvalue weighted by molar-refractivity contribution is 5.95. The van der Waals surface area contributed by atoms with E-state index in [0.29, 0.717) is 30.5 Å². The molecule has 1 amide bonds. The number of nitro groups is 1. The number of nitrogens with zero attached hydrogens (tertiary/aromatic N) is 2. The van der Waals surface area contributed by atoms with Gasteiger partial charge in [0.05, 0.1) is 12.0 Å². The maximum absolute atomic E-state index is 13.2. The van der Waals surface area contributed by atoms with E-state index in [1.807, 2.05) is 6.07 Å². The van der Waals surface area contributed by atoms with Gasteiger partial charge in [0.1, 0.15) is 17.1 Å². The Morgan fingerprint density at radius 1 is 1.24 bits per heavy atom. The molecule has 0 aliphatic carbocycles. The number of nitro benzene ring substituents is 1. The highest BCUT2D eigenvalue weighted by Crippen LogP contribution is 2.38. The summed E-state index contributed by atoms with van der Waals surface area (Å²) in [5, 5.41) is 10.8. The molecule has 10 heteroatoms. The molecule has 0 saturated carbocycles. The molecule has 0 aromatic heterocycles. The molecule has 3 rings (SSSR count). The van der Waals surface area contributed by atoms with E-state index in [2.05, 4.69) is 0 Å². The highest BCUT2D eigenvalue weighted by atomic mass is 19.4. The first kappa shape index (κ1) is 20.4. The van der Waals surface area contributed by atoms with Crippen LogP contribution in [0.5, 0.6) is 11.5 Å². The van der Waals surface area contributed by atoms with Crippen LogP contribution < -0.4 is 14.4 Å². The summed E-state index contributed by atoms with van der Waals surface area (Å²) in [6.45, 7) is -0.222. The number of hydrogen-bond acceptors (Lipinski definition) is 5. The lowest BCUT2D eigenvalue weighted by Gasteiger charge is -2.29. The first-order valence-corrected chi connectivity index (χ1v) is 8.66. The Balaban J connectivity index is 1.79. The molecular weight excluding hydrogens is 393 g/mol. The number of fused-ring (bicyclic) bond motifs is 1. The molecule has 1 heterocycles. The van der Waals surface area contributed by atoms with Gasteiger partial charge < -0.3 is 14.4 Å². The number of ether oxygens (including phenoxy) is 2. The normalized spacial score (nSPS) is 13.6. The van der Waals surface area contributed by atoms with Gasteiger partial charge in [0.15, 0.2) is 6.61 Å². The number of aryl methyl sites for hydroxylation is 1. The van der Waals surface area contributed by atoms with E-state index in [-0.39, 0.29) is 0 Å². The SMILES string of the molecule is COc1ccc2c(c1)CCCN2C(=O)COc1ccc([N+](=O)[O-])cc1C(F)(F)F. The summed E-state index contributed by atoms with van der Waals surface area (Å²) in [6.07, 6.45) is -3.42. The van der Waals surface area contributed by atoms with E-state index in [9.17, 15) is 28.1 Å². The lowest BCUT2D eigenvalue weighted by molar-refractivity contribution is -0.385. The summed E-state index contributed by atoms with van der Waals surface area (Å²) in [5.41, 5.74) is -0.459. The van der Waals surface area contributed by atoms with Gasteiger partial charge in [-0.1, -0.05) is 0 Å². The van der Waals surface area contributed by atoms with Crippen molar-refractivity contribution in [3.05, 3.63) is 57.6 Å². The van der Waals surface area contributed by atoms with Crippen LogP contribution >= 0.6 is 0 Å². The molecule has 0 fully saturated rings. The van der Waals surface area contributed by atoms with E-state index in [4.69, 9.17) is 9.47 Å². The van der Waals surface area contributed by atoms with Crippen LogP contribution in [0.3, 0.4) is 0 Å². The van der Waals surface area contributed by atoms with Crippen LogP contribution in [0.25, 0.3) is 0 Å². The Morgan fingerprint density at radius 3 is 2.66 bits per heavy atom. The lowest BCUT2D eigenvalue weighted by Crippen LogP contribution is -2.38. The van der Waals surface area contributed by atoms with Crippen LogP contribution in [0, 0.1) is 10.1 Å². The van der Waals surface area contributed by atoms with E-state index in [1.165, 1.54) is 12.0 Å². The van der Waals surface area contributed by atoms with Gasteiger partial charge in [-0.2, -0.15) is 13.2 Å². The molecule has 0 N–H and O–H groups in total. The van der Waals surface area contributed by atoms with E-state index >= 15 is 0 Å². The average Bonchev–Trinajstić information content (AvgIpc) is 2.70. The van der Waals surface area contributed by atoms with Crippen LogP contribution in [0.15, 0.2) is 36.4 Å². The molecule has 0 bridgehead atoms. The monoisotopic (exact) mass is 410 g/mol. The molecule has 1 aliphatic heterocycles. The number of hydrogen-bond donors (Lipinski definition) is 0. The Hall–Kier alpha value is -3.30. The molecule has 7 nitrogen and oxygen atoms in total. The third kappa shape index (κ3) is 4.41. The van der Waals surface area contributed by atoms with Crippen molar-refractivity contribution in [1.82, 2.24) is 0 Å². The number of halogens is 3. The fourth-order valence-corrected chi connectivity index (χ4v) is 3.16. The second kappa shape index (κ2) is 7.98. The quantitative estimate of drug-likeness (QED) is 0.550. The number of methoxy groups -OCH3 is 1. The van der Waals surface area contributed by atoms with Crippen LogP contribution in [-0.2, 0) is 17.4 Å². The molecule has 0 spiro atoms. The van der Waals surface area contributed by atoms with Gasteiger partial charge in [0.2, 0.25) is 0 Å². The van der Waals surface area contributed by atoms with Gasteiger partial charge in [0.25, 0.3) is 11.6 Å². The summed E-state index contributed by atoms with van der Waals surface area (Å²) < 4.78 is 50.0. The molecule has 0 unspecified atom stereocenters. The number of alkyl halides is 3. The van der Waals surface area contributed by atoms with Gasteiger partial charge in [-0.3, -0.25) is 14.9 Å². The maximum Gasteiger partial charge on any atom is 0.420 e. The number of anilines is 1. The Morgan fingerprint density at radius 2 is 2.00 bits per heavy atom. The smallest absolute Gasteiger partial charge is 0.420 e. The topological polar surface area (TPSA) is 81.9 Å². The van der Waals surface area contributed by atoms with Crippen molar-refractivity contribution in [2.24, 2.45) is 0 Å². The molecule has 1 aliphatic rings. The zero-order valence-electron chi connectivity index (χ0n) is 15.4. The van der Waals surface area contributed by atoms with Gasteiger partial charge >= 0.3 is 6.18 Å². The van der Waals surface area contributed by atoms with Crippen molar-refractivity contribution in [2.45, 2.75) is 19.0 Å². The summed E-state index contributed by atoms with van der Waals surface area (Å²) in [6, 6.07) is 7.37. The van der Waals surface area contributed by atoms with Crippen molar-refractivity contribution in [1.29, 1.82) is 0 Å². The van der Waals surface area contributed by atoms with E-state index in [0.717, 1.165) is 24.1 Å². The van der Waals surface area contributed by atoms with E-state index < -0.39 is 40.6 Å². The van der Waals surface area contributed by atoms with Gasteiger partial charge in [0, 0.05) is 24.4 Å². The predicted molar refractivity (Wildman–Crippen MR) is 97.3 cm³/mol. The fourth-order valence-electron chi connectivity index (χ4n) is 3.16. The van der Waals surface area contributed by atoms with Crippen molar-refractivity contribution in [3.63, 3.8) is 0 Å². The molecule has 2 aromatic rings. The predicted octanol–water partition coefficient (Wildman–Crippen LogP) is 3.98. The molecular formula is C19H17F3N2O5. The lowest BCUT2D eigenvalue weighted by atomic mass is 10.0. The number of carbonyl (C=O) groups excluding carboxylic acids is 1. The van der Waals surface area contributed by atoms with Crippen molar-refractivity contribution in [3.8, 4) is 11.5 Å². The van der Waals surface area contributed by atoms with Crippen LogP contribution in [0.4, 0.5) is 24.5 Å². The Labute approximate surface area is 163 Å². The minimum absolute atomic E-state index is 0.391. The highest BCUT2D eigenvalue weighted by Gasteiger charge is 2.36. The number of rotatable bonds is 5. The molecule has 29 heavy (non-hydrogen) atoms. The molecule has 0 saturated heterocycles. The zero-order valence-corrected chi connectivity index (χ0v) is 15.4. The number of non-ortho nitro benzene ring substituents is 1. The third-order valence-electron chi connectivity index (χ3n) is 4.54. The number of amides is 1.